The zero-order valence-corrected chi connectivity index (χ0v) is 22.7. The smallest absolute Gasteiger partial charge is 0.343 e. The third-order valence-corrected chi connectivity index (χ3v) is 5.87. The van der Waals surface area contributed by atoms with E-state index in [1.54, 1.807) is 86.0 Å². The average Bonchev–Trinajstić information content (AvgIpc) is 2.98. The number of esters is 1. The van der Waals surface area contributed by atoms with Crippen molar-refractivity contribution in [1.82, 2.24) is 5.43 Å². The van der Waals surface area contributed by atoms with Crippen LogP contribution in [-0.2, 0) is 6.61 Å². The number of benzene rings is 4. The van der Waals surface area contributed by atoms with E-state index in [1.807, 2.05) is 19.1 Å². The van der Waals surface area contributed by atoms with Gasteiger partial charge in [0.2, 0.25) is 0 Å². The second-order valence-corrected chi connectivity index (χ2v) is 8.80. The monoisotopic (exact) mass is 558 g/mol. The average molecular weight is 559 g/mol. The molecule has 0 fully saturated rings. The van der Waals surface area contributed by atoms with Crippen LogP contribution in [0, 0.1) is 0 Å². The number of amides is 1. The predicted molar refractivity (Wildman–Crippen MR) is 153 cm³/mol. The standard InChI is InChI=1S/C31H27ClN2O6/c1-3-38-29-18-22(10-17-28(29)40-31(36)23-11-15-25(37-2)16-12-23)19-33-34-30(35)26-6-4-5-7-27(26)39-20-21-8-13-24(32)14-9-21/h4-19H,3,20H2,1-2H3,(H,34,35)/b33-19+. The van der Waals surface area contributed by atoms with Crippen molar-refractivity contribution >= 4 is 29.7 Å². The minimum absolute atomic E-state index is 0.260. The highest BCUT2D eigenvalue weighted by Crippen LogP contribution is 2.29. The first-order valence-electron chi connectivity index (χ1n) is 12.4. The van der Waals surface area contributed by atoms with Crippen LogP contribution in [-0.4, -0.2) is 31.8 Å². The Morgan fingerprint density at radius 1 is 0.875 bits per heavy atom. The van der Waals surface area contributed by atoms with Gasteiger partial charge in [-0.3, -0.25) is 4.79 Å². The number of nitrogens with zero attached hydrogens (tertiary/aromatic N) is 1. The molecule has 0 heterocycles. The number of rotatable bonds is 11. The van der Waals surface area contributed by atoms with Crippen molar-refractivity contribution in [1.29, 1.82) is 0 Å². The maximum absolute atomic E-state index is 12.8. The van der Waals surface area contributed by atoms with Crippen LogP contribution in [0.5, 0.6) is 23.0 Å². The fourth-order valence-corrected chi connectivity index (χ4v) is 3.72. The molecule has 0 saturated carbocycles. The van der Waals surface area contributed by atoms with Crippen LogP contribution >= 0.6 is 11.6 Å². The van der Waals surface area contributed by atoms with Crippen LogP contribution in [0.4, 0.5) is 0 Å². The molecular weight excluding hydrogens is 532 g/mol. The van der Waals surface area contributed by atoms with Crippen LogP contribution in [0.15, 0.2) is 96.1 Å². The largest absolute Gasteiger partial charge is 0.497 e. The maximum Gasteiger partial charge on any atom is 0.343 e. The van der Waals surface area contributed by atoms with Crippen molar-refractivity contribution in [2.45, 2.75) is 13.5 Å². The minimum Gasteiger partial charge on any atom is -0.497 e. The lowest BCUT2D eigenvalue weighted by molar-refractivity contribution is 0.0728. The molecule has 4 rings (SSSR count). The molecule has 0 bridgehead atoms. The zero-order chi connectivity index (χ0) is 28.3. The fourth-order valence-electron chi connectivity index (χ4n) is 3.59. The topological polar surface area (TPSA) is 95.5 Å². The summed E-state index contributed by atoms with van der Waals surface area (Å²) in [7, 11) is 1.55. The molecule has 0 unspecified atom stereocenters. The summed E-state index contributed by atoms with van der Waals surface area (Å²) in [6.07, 6.45) is 1.46. The molecule has 9 heteroatoms. The van der Waals surface area contributed by atoms with Gasteiger partial charge < -0.3 is 18.9 Å². The van der Waals surface area contributed by atoms with Crippen molar-refractivity contribution in [2.75, 3.05) is 13.7 Å². The molecule has 0 aromatic heterocycles. The number of hydrogen-bond donors (Lipinski definition) is 1. The number of hydrogen-bond acceptors (Lipinski definition) is 7. The fraction of sp³-hybridized carbons (Fsp3) is 0.129. The van der Waals surface area contributed by atoms with Crippen molar-refractivity contribution in [2.24, 2.45) is 5.10 Å². The normalized spacial score (nSPS) is 10.7. The Morgan fingerprint density at radius 2 is 1.62 bits per heavy atom. The van der Waals surface area contributed by atoms with Gasteiger partial charge in [0.05, 0.1) is 31.1 Å². The Kier molecular flexibility index (Phi) is 9.74. The van der Waals surface area contributed by atoms with E-state index in [9.17, 15) is 9.59 Å². The number of ether oxygens (including phenoxy) is 4. The lowest BCUT2D eigenvalue weighted by Gasteiger charge is -2.12. The Morgan fingerprint density at radius 3 is 2.35 bits per heavy atom. The summed E-state index contributed by atoms with van der Waals surface area (Å²) in [5, 5.41) is 4.71. The first kappa shape index (κ1) is 28.2. The van der Waals surface area contributed by atoms with Gasteiger partial charge in [0.15, 0.2) is 11.5 Å². The van der Waals surface area contributed by atoms with Crippen molar-refractivity contribution in [3.8, 4) is 23.0 Å². The molecule has 40 heavy (non-hydrogen) atoms. The summed E-state index contributed by atoms with van der Waals surface area (Å²) < 4.78 is 22.2. The number of carbonyl (C=O) groups is 2. The molecule has 0 aliphatic heterocycles. The highest BCUT2D eigenvalue weighted by Gasteiger charge is 2.14. The second kappa shape index (κ2) is 13.8. The Hall–Kier alpha value is -4.82. The van der Waals surface area contributed by atoms with E-state index < -0.39 is 11.9 Å². The molecule has 0 saturated heterocycles. The first-order chi connectivity index (χ1) is 19.5. The third-order valence-electron chi connectivity index (χ3n) is 5.61. The van der Waals surface area contributed by atoms with Gasteiger partial charge in [-0.25, -0.2) is 10.2 Å². The molecule has 4 aromatic carbocycles. The Balaban J connectivity index is 1.40. The molecule has 0 radical (unpaired) electrons. The van der Waals surface area contributed by atoms with Crippen LogP contribution in [0.25, 0.3) is 0 Å². The minimum atomic E-state index is -0.533. The SMILES string of the molecule is CCOc1cc(/C=N/NC(=O)c2ccccc2OCc2ccc(Cl)cc2)ccc1OC(=O)c1ccc(OC)cc1. The molecule has 1 amide bonds. The number of halogens is 1. The highest BCUT2D eigenvalue weighted by atomic mass is 35.5. The van der Waals surface area contributed by atoms with Crippen molar-refractivity contribution in [3.63, 3.8) is 0 Å². The van der Waals surface area contributed by atoms with Gasteiger partial charge in [0.1, 0.15) is 18.1 Å². The van der Waals surface area contributed by atoms with Crippen LogP contribution < -0.4 is 24.4 Å². The van der Waals surface area contributed by atoms with E-state index in [0.717, 1.165) is 5.56 Å². The molecule has 8 nitrogen and oxygen atoms in total. The lowest BCUT2D eigenvalue weighted by atomic mass is 10.2. The van der Waals surface area contributed by atoms with Crippen LogP contribution in [0.1, 0.15) is 38.8 Å². The van der Waals surface area contributed by atoms with Crippen LogP contribution in [0.2, 0.25) is 5.02 Å². The van der Waals surface area contributed by atoms with Crippen molar-refractivity contribution in [3.05, 3.63) is 118 Å². The van der Waals surface area contributed by atoms with E-state index in [-0.39, 0.29) is 12.4 Å². The Bertz CT molecular complexity index is 1490. The van der Waals surface area contributed by atoms with Gasteiger partial charge in [0, 0.05) is 5.02 Å². The third kappa shape index (κ3) is 7.61. The quantitative estimate of drug-likeness (QED) is 0.100. The summed E-state index contributed by atoms with van der Waals surface area (Å²) in [6, 6.07) is 25.7. The van der Waals surface area contributed by atoms with E-state index in [4.69, 9.17) is 30.5 Å². The summed E-state index contributed by atoms with van der Waals surface area (Å²) in [4.78, 5) is 25.4. The zero-order valence-electron chi connectivity index (χ0n) is 21.9. The highest BCUT2D eigenvalue weighted by molar-refractivity contribution is 6.30. The number of nitrogens with one attached hydrogen (secondary N) is 1. The van der Waals surface area contributed by atoms with E-state index >= 15 is 0 Å². The first-order valence-corrected chi connectivity index (χ1v) is 12.8. The van der Waals surface area contributed by atoms with Crippen molar-refractivity contribution < 1.29 is 28.5 Å². The molecular formula is C31H27ClN2O6. The van der Waals surface area contributed by atoms with Gasteiger partial charge in [-0.2, -0.15) is 5.10 Å². The molecule has 0 aliphatic carbocycles. The summed E-state index contributed by atoms with van der Waals surface area (Å²) in [5.74, 6) is 0.714. The summed E-state index contributed by atoms with van der Waals surface area (Å²) >= 11 is 5.93. The number of hydrazone groups is 1. The number of methoxy groups -OCH3 is 1. The van der Waals surface area contributed by atoms with Gasteiger partial charge in [-0.05, 0) is 84.8 Å². The molecule has 0 aliphatic rings. The van der Waals surface area contributed by atoms with E-state index in [2.05, 4.69) is 10.5 Å². The molecule has 0 spiro atoms. The van der Waals surface area contributed by atoms with Crippen LogP contribution in [0.3, 0.4) is 0 Å². The van der Waals surface area contributed by atoms with Gasteiger partial charge in [-0.1, -0.05) is 35.9 Å². The van der Waals surface area contributed by atoms with E-state index in [1.165, 1.54) is 6.21 Å². The van der Waals surface area contributed by atoms with E-state index in [0.29, 0.717) is 45.6 Å². The summed E-state index contributed by atoms with van der Waals surface area (Å²) in [6.45, 7) is 2.46. The van der Waals surface area contributed by atoms with Gasteiger partial charge in [0.25, 0.3) is 5.91 Å². The Labute approximate surface area is 237 Å². The lowest BCUT2D eigenvalue weighted by Crippen LogP contribution is -2.18. The maximum atomic E-state index is 12.8. The molecule has 204 valence electrons. The molecule has 0 atom stereocenters. The van der Waals surface area contributed by atoms with Gasteiger partial charge >= 0.3 is 5.97 Å². The number of para-hydroxylation sites is 1. The number of carbonyl (C=O) groups excluding carboxylic acids is 2. The summed E-state index contributed by atoms with van der Waals surface area (Å²) in [5.41, 5.74) is 4.77. The molecule has 4 aromatic rings. The second-order valence-electron chi connectivity index (χ2n) is 8.37. The van der Waals surface area contributed by atoms with Gasteiger partial charge in [-0.15, -0.1) is 0 Å². The predicted octanol–water partition coefficient (Wildman–Crippen LogP) is 6.31. The molecule has 1 N–H and O–H groups in total.